The molecule has 3 aromatic rings. The fourth-order valence-electron chi connectivity index (χ4n) is 2.84. The average Bonchev–Trinajstić information content (AvgIpc) is 2.74. The first-order valence-electron chi connectivity index (χ1n) is 9.77. The summed E-state index contributed by atoms with van der Waals surface area (Å²) in [5, 5.41) is 0. The average molecular weight is 430 g/mol. The van der Waals surface area contributed by atoms with Gasteiger partial charge in [-0.3, -0.25) is 0 Å². The first kappa shape index (κ1) is 19.0. The summed E-state index contributed by atoms with van der Waals surface area (Å²) in [6, 6.07) is 4.44. The number of rotatable bonds is 6. The molecule has 30 heavy (non-hydrogen) atoms. The molecule has 0 atom stereocenters. The SMILES string of the molecule is [2H]c1c(F)c(F)c(F)c([2H])c1OC(F)(F)c1c(F)cc(-c2ccc(CCC)cc2)cc1F. The molecule has 0 fully saturated rings. The van der Waals surface area contributed by atoms with Crippen LogP contribution in [0.3, 0.4) is 0 Å². The molecular formula is C22H15F7O. The zero-order chi connectivity index (χ0) is 23.8. The van der Waals surface area contributed by atoms with Gasteiger partial charge in [-0.25, -0.2) is 22.0 Å². The third-order valence-electron chi connectivity index (χ3n) is 4.22. The fraction of sp³-hybridized carbons (Fsp3) is 0.182. The monoisotopic (exact) mass is 430 g/mol. The fourth-order valence-corrected chi connectivity index (χ4v) is 2.84. The first-order valence-corrected chi connectivity index (χ1v) is 8.77. The van der Waals surface area contributed by atoms with Gasteiger partial charge in [0.15, 0.2) is 17.5 Å². The number of halogens is 7. The molecule has 0 heterocycles. The van der Waals surface area contributed by atoms with Crippen LogP contribution in [0.15, 0.2) is 48.5 Å². The zero-order valence-corrected chi connectivity index (χ0v) is 15.4. The van der Waals surface area contributed by atoms with Crippen LogP contribution in [0.1, 0.15) is 27.2 Å². The molecule has 0 N–H and O–H groups in total. The van der Waals surface area contributed by atoms with Gasteiger partial charge in [0.1, 0.15) is 22.9 Å². The van der Waals surface area contributed by atoms with Gasteiger partial charge in [0, 0.05) is 12.1 Å². The van der Waals surface area contributed by atoms with Gasteiger partial charge in [-0.1, -0.05) is 37.6 Å². The molecule has 8 heteroatoms. The second kappa shape index (κ2) is 8.38. The van der Waals surface area contributed by atoms with Gasteiger partial charge in [-0.15, -0.1) is 0 Å². The van der Waals surface area contributed by atoms with E-state index in [2.05, 4.69) is 4.74 Å². The number of hydrogen-bond acceptors (Lipinski definition) is 1. The van der Waals surface area contributed by atoms with Crippen LogP contribution in [-0.2, 0) is 12.5 Å². The van der Waals surface area contributed by atoms with Gasteiger partial charge in [-0.05, 0) is 35.2 Å². The summed E-state index contributed by atoms with van der Waals surface area (Å²) < 4.78 is 117. The standard InChI is InChI=1S/C22H15F7O/c1-2-3-12-4-6-13(7-5-12)14-8-16(23)20(17(24)9-14)22(28,29)30-15-10-18(25)21(27)19(26)11-15/h4-11H,2-3H2,1H3/i10D,11D. The maximum atomic E-state index is 14.6. The Labute approximate surface area is 170 Å². The molecule has 0 saturated heterocycles. The van der Waals surface area contributed by atoms with Gasteiger partial charge in [0.05, 0.1) is 2.74 Å². The maximum absolute atomic E-state index is 14.6. The normalized spacial score (nSPS) is 12.5. The van der Waals surface area contributed by atoms with E-state index in [-0.39, 0.29) is 5.56 Å². The van der Waals surface area contributed by atoms with Crippen molar-refractivity contribution in [1.82, 2.24) is 0 Å². The second-order valence-corrected chi connectivity index (χ2v) is 6.40. The predicted octanol–water partition coefficient (Wildman–Crippen LogP) is 7.13. The number of benzene rings is 3. The lowest BCUT2D eigenvalue weighted by atomic mass is 10.00. The van der Waals surface area contributed by atoms with Gasteiger partial charge in [-0.2, -0.15) is 8.78 Å². The van der Waals surface area contributed by atoms with E-state index in [1.165, 1.54) is 0 Å². The van der Waals surface area contributed by atoms with E-state index in [4.69, 9.17) is 2.74 Å². The van der Waals surface area contributed by atoms with Crippen LogP contribution in [0.4, 0.5) is 30.7 Å². The maximum Gasteiger partial charge on any atom is 0.432 e. The Morgan fingerprint density at radius 2 is 1.37 bits per heavy atom. The molecule has 0 bridgehead atoms. The minimum Gasteiger partial charge on any atom is -0.429 e. The van der Waals surface area contributed by atoms with Crippen LogP contribution in [0.25, 0.3) is 11.1 Å². The molecule has 0 aliphatic carbocycles. The number of aryl methyl sites for hydroxylation is 1. The molecule has 0 amide bonds. The summed E-state index contributed by atoms with van der Waals surface area (Å²) in [6.07, 6.45) is -3.21. The van der Waals surface area contributed by atoms with Crippen molar-refractivity contribution in [3.05, 3.63) is 88.7 Å². The smallest absolute Gasteiger partial charge is 0.429 e. The van der Waals surface area contributed by atoms with Crippen molar-refractivity contribution < 1.29 is 38.2 Å². The highest BCUT2D eigenvalue weighted by Crippen LogP contribution is 2.37. The molecule has 1 nitrogen and oxygen atoms in total. The minimum absolute atomic E-state index is 0.0520. The minimum atomic E-state index is -4.88. The highest BCUT2D eigenvalue weighted by molar-refractivity contribution is 5.64. The third kappa shape index (κ3) is 4.42. The van der Waals surface area contributed by atoms with Crippen LogP contribution in [0, 0.1) is 29.1 Å². The van der Waals surface area contributed by atoms with E-state index in [1.54, 1.807) is 24.3 Å². The number of ether oxygens (including phenoxy) is 1. The largest absolute Gasteiger partial charge is 0.432 e. The summed E-state index contributed by atoms with van der Waals surface area (Å²) in [5.41, 5.74) is -0.621. The molecule has 0 unspecified atom stereocenters. The van der Waals surface area contributed by atoms with Crippen molar-refractivity contribution in [2.24, 2.45) is 0 Å². The molecule has 0 aliphatic heterocycles. The Balaban J connectivity index is 2.01. The molecular weight excluding hydrogens is 413 g/mol. The van der Waals surface area contributed by atoms with Gasteiger partial charge in [0.25, 0.3) is 0 Å². The first-order chi connectivity index (χ1) is 15.0. The summed E-state index contributed by atoms with van der Waals surface area (Å²) in [5.74, 6) is -11.8. The molecule has 0 aromatic heterocycles. The highest BCUT2D eigenvalue weighted by atomic mass is 19.3. The Kier molecular flexibility index (Phi) is 5.29. The third-order valence-corrected chi connectivity index (χ3v) is 4.22. The van der Waals surface area contributed by atoms with Crippen molar-refractivity contribution in [2.45, 2.75) is 25.9 Å². The summed E-state index contributed by atoms with van der Waals surface area (Å²) in [7, 11) is 0. The second-order valence-electron chi connectivity index (χ2n) is 6.40. The molecule has 158 valence electrons. The molecule has 0 spiro atoms. The number of alkyl halides is 2. The molecule has 0 aliphatic rings. The lowest BCUT2D eigenvalue weighted by molar-refractivity contribution is -0.189. The van der Waals surface area contributed by atoms with Crippen LogP contribution in [0.5, 0.6) is 5.75 Å². The Morgan fingerprint density at radius 3 is 1.87 bits per heavy atom. The highest BCUT2D eigenvalue weighted by Gasteiger charge is 2.41. The van der Waals surface area contributed by atoms with E-state index >= 15 is 0 Å². The Hall–Kier alpha value is -3.03. The summed E-state index contributed by atoms with van der Waals surface area (Å²) >= 11 is 0. The van der Waals surface area contributed by atoms with Crippen molar-refractivity contribution in [2.75, 3.05) is 0 Å². The van der Waals surface area contributed by atoms with E-state index < -0.39 is 58.6 Å². The van der Waals surface area contributed by atoms with Crippen LogP contribution in [0.2, 0.25) is 0 Å². The molecule has 0 radical (unpaired) electrons. The van der Waals surface area contributed by atoms with Crippen molar-refractivity contribution in [3.63, 3.8) is 0 Å². The zero-order valence-electron chi connectivity index (χ0n) is 17.4. The Morgan fingerprint density at radius 1 is 0.833 bits per heavy atom. The summed E-state index contributed by atoms with van der Waals surface area (Å²) in [6.45, 7) is 1.97. The van der Waals surface area contributed by atoms with Crippen molar-refractivity contribution >= 4 is 0 Å². The van der Waals surface area contributed by atoms with Crippen LogP contribution in [-0.4, -0.2) is 0 Å². The van der Waals surface area contributed by atoms with Crippen LogP contribution < -0.4 is 4.74 Å². The van der Waals surface area contributed by atoms with Crippen LogP contribution >= 0.6 is 0 Å². The Bertz CT molecular complexity index is 1110. The summed E-state index contributed by atoms with van der Waals surface area (Å²) in [4.78, 5) is 0. The van der Waals surface area contributed by atoms with E-state index in [9.17, 15) is 30.7 Å². The van der Waals surface area contributed by atoms with E-state index in [0.29, 0.717) is 17.7 Å². The van der Waals surface area contributed by atoms with Gasteiger partial charge in [0.2, 0.25) is 0 Å². The molecule has 0 saturated carbocycles. The lowest BCUT2D eigenvalue weighted by Crippen LogP contribution is -2.25. The van der Waals surface area contributed by atoms with E-state index in [1.807, 2.05) is 6.92 Å². The lowest BCUT2D eigenvalue weighted by Gasteiger charge is -2.20. The van der Waals surface area contributed by atoms with Gasteiger partial charge >= 0.3 is 6.11 Å². The molecule has 3 rings (SSSR count). The predicted molar refractivity (Wildman–Crippen MR) is 96.6 cm³/mol. The van der Waals surface area contributed by atoms with Crippen molar-refractivity contribution in [3.8, 4) is 16.9 Å². The molecule has 3 aromatic carbocycles. The number of hydrogen-bond donors (Lipinski definition) is 0. The van der Waals surface area contributed by atoms with Gasteiger partial charge < -0.3 is 4.74 Å². The van der Waals surface area contributed by atoms with Crippen molar-refractivity contribution in [1.29, 1.82) is 0 Å². The topological polar surface area (TPSA) is 9.23 Å². The quantitative estimate of drug-likeness (QED) is 0.299. The van der Waals surface area contributed by atoms with E-state index in [0.717, 1.165) is 18.4 Å².